The monoisotopic (exact) mass is 547 g/mol. The van der Waals surface area contributed by atoms with Crippen molar-refractivity contribution >= 4 is 6.16 Å². The number of carbonyl (C=O) groups is 1. The van der Waals surface area contributed by atoms with Crippen LogP contribution in [0.5, 0.6) is 28.7 Å². The average molecular weight is 548 g/mol. The molecule has 2 aromatic rings. The number of piperazine rings is 1. The Morgan fingerprint density at radius 1 is 1.30 bits per heavy atom. The minimum absolute atomic E-state index is 0.00401. The Morgan fingerprint density at radius 2 is 2.08 bits per heavy atom. The van der Waals surface area contributed by atoms with E-state index < -0.39 is 24.3 Å². The Hall–Kier alpha value is -3.98. The second kappa shape index (κ2) is 9.89. The molecule has 0 aromatic heterocycles. The molecule has 0 spiro atoms. The first-order valence-electron chi connectivity index (χ1n) is 13.2. The predicted molar refractivity (Wildman–Crippen MR) is 143 cm³/mol. The molecule has 2 aromatic carbocycles. The molecule has 2 bridgehead atoms. The van der Waals surface area contributed by atoms with Crippen LogP contribution in [0.3, 0.4) is 0 Å². The van der Waals surface area contributed by atoms with Gasteiger partial charge in [0.05, 0.1) is 25.3 Å². The molecule has 210 valence electrons. The molecule has 1 fully saturated rings. The molecule has 6 rings (SSSR count). The number of hydrogen-bond acceptors (Lipinski definition) is 10. The van der Waals surface area contributed by atoms with Gasteiger partial charge in [-0.1, -0.05) is 24.8 Å². The quantitative estimate of drug-likeness (QED) is 0.323. The third-order valence-corrected chi connectivity index (χ3v) is 8.38. The summed E-state index contributed by atoms with van der Waals surface area (Å²) >= 11 is 0. The van der Waals surface area contributed by atoms with E-state index in [1.807, 2.05) is 13.0 Å². The summed E-state index contributed by atoms with van der Waals surface area (Å²) in [5.41, 5.74) is 10.9. The summed E-state index contributed by atoms with van der Waals surface area (Å²) in [6, 6.07) is 2.31. The number of rotatable bonds is 5. The van der Waals surface area contributed by atoms with Crippen LogP contribution in [-0.4, -0.2) is 61.3 Å². The highest BCUT2D eigenvalue weighted by atomic mass is 16.7. The SMILES string of the molecule is C=CCOC(=O)Oc1c(C)c2c(c3c1CC1[C@@H]4[N-][C@@H](Cc5cc(C)c(OC)c(O)c54)[C@H](C#N)N1[C@H]3CN)OCO2. The number of fused-ring (bicyclic) bond motifs is 9. The zero-order chi connectivity index (χ0) is 28.3. The fourth-order valence-corrected chi connectivity index (χ4v) is 6.91. The molecule has 40 heavy (non-hydrogen) atoms. The van der Waals surface area contributed by atoms with Gasteiger partial charge < -0.3 is 39.8 Å². The van der Waals surface area contributed by atoms with Crippen molar-refractivity contribution in [1.29, 1.82) is 5.26 Å². The van der Waals surface area contributed by atoms with Crippen molar-refractivity contribution in [3.63, 3.8) is 0 Å². The van der Waals surface area contributed by atoms with Crippen molar-refractivity contribution in [1.82, 2.24) is 4.90 Å². The first kappa shape index (κ1) is 26.3. The maximum absolute atomic E-state index is 12.6. The molecule has 3 N–H and O–H groups in total. The Morgan fingerprint density at radius 3 is 2.77 bits per heavy atom. The topological polar surface area (TPSA) is 151 Å². The van der Waals surface area contributed by atoms with Crippen LogP contribution >= 0.6 is 0 Å². The van der Waals surface area contributed by atoms with Gasteiger partial charge in [0.1, 0.15) is 12.4 Å². The number of nitriles is 1. The van der Waals surface area contributed by atoms with Gasteiger partial charge in [0.2, 0.25) is 6.79 Å². The fourth-order valence-electron chi connectivity index (χ4n) is 6.91. The fraction of sp³-hybridized carbons (Fsp3) is 0.448. The lowest BCUT2D eigenvalue weighted by Gasteiger charge is -2.63. The summed E-state index contributed by atoms with van der Waals surface area (Å²) in [5, 5.41) is 26.9. The summed E-state index contributed by atoms with van der Waals surface area (Å²) < 4.78 is 28.2. The van der Waals surface area contributed by atoms with Crippen LogP contribution in [0.4, 0.5) is 4.79 Å². The Kier molecular flexibility index (Phi) is 6.49. The molecule has 0 radical (unpaired) electrons. The number of ether oxygens (including phenoxy) is 5. The summed E-state index contributed by atoms with van der Waals surface area (Å²) in [6.45, 7) is 7.42. The number of hydrogen-bond donors (Lipinski definition) is 2. The van der Waals surface area contributed by atoms with Gasteiger partial charge in [0.25, 0.3) is 0 Å². The lowest BCUT2D eigenvalue weighted by molar-refractivity contribution is 0.0425. The van der Waals surface area contributed by atoms with Gasteiger partial charge in [0, 0.05) is 29.3 Å². The van der Waals surface area contributed by atoms with Crippen LogP contribution < -0.4 is 24.7 Å². The molecular weight excluding hydrogens is 516 g/mol. The smallest absolute Gasteiger partial charge is 0.514 e. The highest BCUT2D eigenvalue weighted by Crippen LogP contribution is 2.59. The molecule has 0 amide bonds. The Bertz CT molecular complexity index is 1450. The zero-order valence-corrected chi connectivity index (χ0v) is 22.6. The minimum atomic E-state index is -0.875. The molecule has 11 nitrogen and oxygen atoms in total. The van der Waals surface area contributed by atoms with Gasteiger partial charge in [0.15, 0.2) is 23.0 Å². The average Bonchev–Trinajstić information content (AvgIpc) is 3.43. The van der Waals surface area contributed by atoms with Gasteiger partial charge in [-0.2, -0.15) is 5.26 Å². The van der Waals surface area contributed by atoms with Gasteiger partial charge in [-0.3, -0.25) is 4.90 Å². The van der Waals surface area contributed by atoms with E-state index in [9.17, 15) is 15.2 Å². The van der Waals surface area contributed by atoms with Crippen molar-refractivity contribution < 1.29 is 33.6 Å². The van der Waals surface area contributed by atoms with E-state index >= 15 is 0 Å². The standard InChI is InChI=1S/C29H31N4O7/c1-5-6-37-29(35)40-26-14(3)27-28(39-12-38-27)22-16(26)9-18-23-21-15(7-13(2)25(36-4)24(21)34)8-17(32-23)19(10-30)33(18)20(22)11-31/h5,7,17-20,23,34H,1,6,8-9,11-12,31H2,2-4H3/q-1/t17-,18?,19-,20-,23-/m0/s1. The van der Waals surface area contributed by atoms with Crippen LogP contribution in [-0.2, 0) is 17.6 Å². The van der Waals surface area contributed by atoms with Crippen molar-refractivity contribution in [2.45, 2.75) is 56.9 Å². The predicted octanol–water partition coefficient (Wildman–Crippen LogP) is 3.62. The molecule has 1 unspecified atom stereocenters. The van der Waals surface area contributed by atoms with Crippen molar-refractivity contribution in [3.8, 4) is 34.8 Å². The van der Waals surface area contributed by atoms with E-state index in [2.05, 4.69) is 17.5 Å². The lowest BCUT2D eigenvalue weighted by Crippen LogP contribution is -2.61. The highest BCUT2D eigenvalue weighted by molar-refractivity contribution is 5.72. The molecule has 0 aliphatic carbocycles. The number of phenols is 1. The van der Waals surface area contributed by atoms with E-state index in [1.54, 1.807) is 6.92 Å². The Labute approximate surface area is 232 Å². The van der Waals surface area contributed by atoms with Crippen molar-refractivity contribution in [3.05, 3.63) is 57.4 Å². The second-order valence-electron chi connectivity index (χ2n) is 10.4. The number of methoxy groups -OCH3 is 1. The van der Waals surface area contributed by atoms with Gasteiger partial charge >= 0.3 is 6.16 Å². The summed E-state index contributed by atoms with van der Waals surface area (Å²) in [7, 11) is 1.53. The van der Waals surface area contributed by atoms with Crippen LogP contribution in [0.1, 0.15) is 45.5 Å². The number of aryl methyl sites for hydroxylation is 1. The first-order valence-corrected chi connectivity index (χ1v) is 13.2. The molecule has 5 atom stereocenters. The molecule has 1 saturated heterocycles. The lowest BCUT2D eigenvalue weighted by atomic mass is 9.72. The second-order valence-corrected chi connectivity index (χ2v) is 10.4. The zero-order valence-electron chi connectivity index (χ0n) is 22.6. The van der Waals surface area contributed by atoms with Gasteiger partial charge in [-0.15, -0.1) is 6.04 Å². The number of nitrogens with zero attached hydrogens (tertiary/aromatic N) is 3. The first-order chi connectivity index (χ1) is 19.3. The molecule has 11 heteroatoms. The summed E-state index contributed by atoms with van der Waals surface area (Å²) in [4.78, 5) is 14.7. The van der Waals surface area contributed by atoms with Crippen molar-refractivity contribution in [2.75, 3.05) is 27.1 Å². The Balaban J connectivity index is 1.55. The van der Waals surface area contributed by atoms with Crippen LogP contribution in [0.25, 0.3) is 5.32 Å². The maximum Gasteiger partial charge on any atom is 0.514 e. The molecule has 4 heterocycles. The largest absolute Gasteiger partial charge is 0.649 e. The molecule has 4 aliphatic heterocycles. The maximum atomic E-state index is 12.6. The number of phenolic OH excluding ortho intramolecular Hbond substituents is 1. The van der Waals surface area contributed by atoms with E-state index in [1.165, 1.54) is 13.2 Å². The summed E-state index contributed by atoms with van der Waals surface area (Å²) in [6.07, 6.45) is 1.43. The van der Waals surface area contributed by atoms with Gasteiger partial charge in [-0.25, -0.2) is 4.79 Å². The van der Waals surface area contributed by atoms with Crippen LogP contribution in [0.15, 0.2) is 18.7 Å². The number of nitrogens with two attached hydrogens (primary N) is 1. The number of benzene rings is 2. The van der Waals surface area contributed by atoms with Crippen LogP contribution in [0.2, 0.25) is 0 Å². The number of carbonyl (C=O) groups excluding carboxylic acids is 1. The van der Waals surface area contributed by atoms with Crippen molar-refractivity contribution in [2.24, 2.45) is 5.73 Å². The minimum Gasteiger partial charge on any atom is -0.649 e. The van der Waals surface area contributed by atoms with E-state index in [0.717, 1.165) is 16.7 Å². The van der Waals surface area contributed by atoms with Crippen LogP contribution in [0, 0.1) is 25.2 Å². The molecule has 0 saturated carbocycles. The third-order valence-electron chi connectivity index (χ3n) is 8.38. The van der Waals surface area contributed by atoms with E-state index in [-0.39, 0.29) is 37.8 Å². The molecular formula is C29H31N4O7-. The van der Waals surface area contributed by atoms with Gasteiger partial charge in [-0.05, 0) is 43.4 Å². The normalized spacial score (nSPS) is 25.6. The summed E-state index contributed by atoms with van der Waals surface area (Å²) in [5.74, 6) is 1.78. The third kappa shape index (κ3) is 3.71. The highest BCUT2D eigenvalue weighted by Gasteiger charge is 2.50. The number of aromatic hydroxyl groups is 1. The molecule has 4 aliphatic rings. The van der Waals surface area contributed by atoms with E-state index in [4.69, 9.17) is 34.7 Å². The van der Waals surface area contributed by atoms with E-state index in [0.29, 0.717) is 52.5 Å².